The van der Waals surface area contributed by atoms with Crippen molar-refractivity contribution in [2.75, 3.05) is 32.5 Å². The van der Waals surface area contributed by atoms with E-state index in [9.17, 15) is 0 Å². The number of thiol groups is 1. The molecule has 0 fully saturated rings. The van der Waals surface area contributed by atoms with Gasteiger partial charge in [0.05, 0.1) is 6.61 Å². The molecule has 62 valence electrons. The molecule has 0 aromatic carbocycles. The van der Waals surface area contributed by atoms with Gasteiger partial charge >= 0.3 is 0 Å². The van der Waals surface area contributed by atoms with Crippen molar-refractivity contribution in [3.8, 4) is 0 Å². The van der Waals surface area contributed by atoms with Gasteiger partial charge in [-0.1, -0.05) is 6.92 Å². The predicted molar refractivity (Wildman–Crippen MR) is 47.6 cm³/mol. The normalized spacial score (nSPS) is 14.1. The van der Waals surface area contributed by atoms with Crippen LogP contribution in [0.4, 0.5) is 0 Å². The van der Waals surface area contributed by atoms with Crippen molar-refractivity contribution < 1.29 is 5.11 Å². The maximum atomic E-state index is 8.56. The number of aliphatic hydroxyl groups is 1. The van der Waals surface area contributed by atoms with E-state index in [1.54, 1.807) is 0 Å². The van der Waals surface area contributed by atoms with Gasteiger partial charge in [-0.05, 0) is 18.7 Å². The Kier molecular flexibility index (Phi) is 6.17. The lowest BCUT2D eigenvalue weighted by Gasteiger charge is -2.18. The minimum absolute atomic E-state index is 0.246. The highest BCUT2D eigenvalue weighted by molar-refractivity contribution is 7.80. The van der Waals surface area contributed by atoms with Crippen LogP contribution in [-0.4, -0.2) is 42.5 Å². The van der Waals surface area contributed by atoms with Gasteiger partial charge in [0.15, 0.2) is 0 Å². The Labute approximate surface area is 68.6 Å². The van der Waals surface area contributed by atoms with Gasteiger partial charge in [-0.25, -0.2) is 0 Å². The van der Waals surface area contributed by atoms with E-state index in [1.165, 1.54) is 0 Å². The molecule has 0 bridgehead atoms. The van der Waals surface area contributed by atoms with E-state index in [-0.39, 0.29) is 6.61 Å². The lowest BCUT2D eigenvalue weighted by atomic mass is 10.2. The topological polar surface area (TPSA) is 23.5 Å². The molecule has 1 unspecified atom stereocenters. The summed E-state index contributed by atoms with van der Waals surface area (Å²) in [5.41, 5.74) is 0. The summed E-state index contributed by atoms with van der Waals surface area (Å²) >= 11 is 4.17. The SMILES string of the molecule is CC(CS)CN(C)CCO. The Morgan fingerprint density at radius 2 is 2.20 bits per heavy atom. The third kappa shape index (κ3) is 5.09. The smallest absolute Gasteiger partial charge is 0.0558 e. The van der Waals surface area contributed by atoms with Crippen molar-refractivity contribution in [3.05, 3.63) is 0 Å². The molecule has 0 aromatic rings. The summed E-state index contributed by atoms with van der Waals surface area (Å²) in [5, 5.41) is 8.56. The summed E-state index contributed by atoms with van der Waals surface area (Å²) in [6.45, 7) is 4.18. The third-order valence-electron chi connectivity index (χ3n) is 1.42. The third-order valence-corrected chi connectivity index (χ3v) is 2.04. The van der Waals surface area contributed by atoms with Gasteiger partial charge in [0.25, 0.3) is 0 Å². The van der Waals surface area contributed by atoms with Crippen LogP contribution in [0.1, 0.15) is 6.92 Å². The average molecular weight is 163 g/mol. The van der Waals surface area contributed by atoms with Gasteiger partial charge in [-0.3, -0.25) is 0 Å². The largest absolute Gasteiger partial charge is 0.395 e. The molecule has 3 heteroatoms. The van der Waals surface area contributed by atoms with Gasteiger partial charge in [-0.15, -0.1) is 0 Å². The Bertz CT molecular complexity index is 80.0. The van der Waals surface area contributed by atoms with Crippen LogP contribution in [0.2, 0.25) is 0 Å². The van der Waals surface area contributed by atoms with Gasteiger partial charge < -0.3 is 10.0 Å². The van der Waals surface area contributed by atoms with E-state index < -0.39 is 0 Å². The molecule has 10 heavy (non-hydrogen) atoms. The standard InChI is InChI=1S/C7H17NOS/c1-7(6-10)5-8(2)3-4-9/h7,9-10H,3-6H2,1-2H3. The zero-order valence-corrected chi connectivity index (χ0v) is 7.64. The van der Waals surface area contributed by atoms with Gasteiger partial charge in [0, 0.05) is 13.1 Å². The number of nitrogens with zero attached hydrogens (tertiary/aromatic N) is 1. The molecule has 0 radical (unpaired) electrons. The van der Waals surface area contributed by atoms with Crippen LogP contribution in [0, 0.1) is 5.92 Å². The van der Waals surface area contributed by atoms with Crippen molar-refractivity contribution in [1.29, 1.82) is 0 Å². The molecule has 0 aromatic heterocycles. The van der Waals surface area contributed by atoms with Crippen LogP contribution in [0.3, 0.4) is 0 Å². The highest BCUT2D eigenvalue weighted by atomic mass is 32.1. The predicted octanol–water partition coefficient (Wildman–Crippen LogP) is 0.476. The van der Waals surface area contributed by atoms with Gasteiger partial charge in [0.1, 0.15) is 0 Å². The number of rotatable bonds is 5. The van der Waals surface area contributed by atoms with E-state index in [0.717, 1.165) is 18.8 Å². The monoisotopic (exact) mass is 163 g/mol. The quantitative estimate of drug-likeness (QED) is 0.576. The average Bonchev–Trinajstić information content (AvgIpc) is 1.88. The van der Waals surface area contributed by atoms with E-state index >= 15 is 0 Å². The first-order chi connectivity index (χ1) is 4.70. The van der Waals surface area contributed by atoms with Crippen molar-refractivity contribution >= 4 is 12.6 Å². The van der Waals surface area contributed by atoms with Crippen LogP contribution in [0.25, 0.3) is 0 Å². The number of likely N-dealkylation sites (N-methyl/N-ethyl adjacent to an activating group) is 1. The first kappa shape index (κ1) is 10.3. The molecule has 0 rings (SSSR count). The Hall–Kier alpha value is 0.270. The maximum absolute atomic E-state index is 8.56. The summed E-state index contributed by atoms with van der Waals surface area (Å²) in [6, 6.07) is 0. The fraction of sp³-hybridized carbons (Fsp3) is 1.00. The molecular formula is C7H17NOS. The van der Waals surface area contributed by atoms with Crippen molar-refractivity contribution in [3.63, 3.8) is 0 Å². The second-order valence-corrected chi connectivity index (χ2v) is 3.14. The van der Waals surface area contributed by atoms with Crippen LogP contribution in [0.15, 0.2) is 0 Å². The molecule has 0 heterocycles. The van der Waals surface area contributed by atoms with Crippen molar-refractivity contribution in [2.45, 2.75) is 6.92 Å². The molecule has 0 spiro atoms. The second-order valence-electron chi connectivity index (χ2n) is 2.77. The fourth-order valence-corrected chi connectivity index (χ4v) is 0.967. The number of hydrogen-bond donors (Lipinski definition) is 2. The van der Waals surface area contributed by atoms with Crippen LogP contribution in [0.5, 0.6) is 0 Å². The molecule has 0 saturated heterocycles. The van der Waals surface area contributed by atoms with E-state index in [0.29, 0.717) is 5.92 Å². The van der Waals surface area contributed by atoms with Crippen molar-refractivity contribution in [2.24, 2.45) is 5.92 Å². The fourth-order valence-electron chi connectivity index (χ4n) is 0.852. The lowest BCUT2D eigenvalue weighted by molar-refractivity contribution is 0.209. The Morgan fingerprint density at radius 3 is 2.60 bits per heavy atom. The minimum atomic E-state index is 0.246. The molecular weight excluding hydrogens is 146 g/mol. The molecule has 0 saturated carbocycles. The summed E-state index contributed by atoms with van der Waals surface area (Å²) in [4.78, 5) is 2.11. The summed E-state index contributed by atoms with van der Waals surface area (Å²) in [5.74, 6) is 1.52. The summed E-state index contributed by atoms with van der Waals surface area (Å²) in [7, 11) is 2.01. The Morgan fingerprint density at radius 1 is 1.60 bits per heavy atom. The number of hydrogen-bond acceptors (Lipinski definition) is 3. The van der Waals surface area contributed by atoms with Gasteiger partial charge in [-0.2, -0.15) is 12.6 Å². The molecule has 1 N–H and O–H groups in total. The zero-order valence-electron chi connectivity index (χ0n) is 6.75. The minimum Gasteiger partial charge on any atom is -0.395 e. The summed E-state index contributed by atoms with van der Waals surface area (Å²) < 4.78 is 0. The van der Waals surface area contributed by atoms with E-state index in [1.807, 2.05) is 7.05 Å². The lowest BCUT2D eigenvalue weighted by Crippen LogP contribution is -2.27. The molecule has 0 aliphatic carbocycles. The first-order valence-electron chi connectivity index (χ1n) is 3.61. The number of aliphatic hydroxyl groups excluding tert-OH is 1. The maximum Gasteiger partial charge on any atom is 0.0558 e. The first-order valence-corrected chi connectivity index (χ1v) is 4.24. The Balaban J connectivity index is 3.27. The highest BCUT2D eigenvalue weighted by Gasteiger charge is 2.02. The molecule has 2 nitrogen and oxygen atoms in total. The molecule has 0 aliphatic rings. The molecule has 1 atom stereocenters. The van der Waals surface area contributed by atoms with E-state index in [4.69, 9.17) is 5.11 Å². The highest BCUT2D eigenvalue weighted by Crippen LogP contribution is 1.98. The van der Waals surface area contributed by atoms with Gasteiger partial charge in [0.2, 0.25) is 0 Å². The summed E-state index contributed by atoms with van der Waals surface area (Å²) in [6.07, 6.45) is 0. The zero-order chi connectivity index (χ0) is 7.98. The van der Waals surface area contributed by atoms with Crippen LogP contribution >= 0.6 is 12.6 Å². The van der Waals surface area contributed by atoms with Crippen molar-refractivity contribution in [1.82, 2.24) is 4.90 Å². The molecule has 0 aliphatic heterocycles. The van der Waals surface area contributed by atoms with E-state index in [2.05, 4.69) is 24.5 Å². The second kappa shape index (κ2) is 6.01. The van der Waals surface area contributed by atoms with Crippen LogP contribution < -0.4 is 0 Å². The van der Waals surface area contributed by atoms with Crippen LogP contribution in [-0.2, 0) is 0 Å². The molecule has 0 amide bonds.